The van der Waals surface area contributed by atoms with Gasteiger partial charge in [-0.25, -0.2) is 4.79 Å². The third-order valence-corrected chi connectivity index (χ3v) is 2.44. The van der Waals surface area contributed by atoms with Crippen LogP contribution in [0.15, 0.2) is 30.3 Å². The summed E-state index contributed by atoms with van der Waals surface area (Å²) in [5, 5.41) is 3.19. The molecule has 94 valence electrons. The van der Waals surface area contributed by atoms with Crippen LogP contribution < -0.4 is 5.32 Å². The summed E-state index contributed by atoms with van der Waals surface area (Å²) in [6.45, 7) is 2.50. The molecule has 17 heavy (non-hydrogen) atoms. The standard InChI is InChI=1S/C13H19NO3/c1-10(9-16-2)14-12(13(15)17-3)11-7-5-4-6-8-11/h4-8,10,12,14H,9H2,1-3H3/t10-,12+/m0/s1. The zero-order valence-electron chi connectivity index (χ0n) is 10.5. The summed E-state index contributed by atoms with van der Waals surface area (Å²) in [4.78, 5) is 11.7. The Hall–Kier alpha value is -1.39. The molecular weight excluding hydrogens is 218 g/mol. The van der Waals surface area contributed by atoms with E-state index in [0.717, 1.165) is 5.56 Å². The Bertz CT molecular complexity index is 340. The van der Waals surface area contributed by atoms with Gasteiger partial charge in [0.25, 0.3) is 0 Å². The second-order valence-corrected chi connectivity index (χ2v) is 3.89. The van der Waals surface area contributed by atoms with E-state index in [1.54, 1.807) is 7.11 Å². The second-order valence-electron chi connectivity index (χ2n) is 3.89. The van der Waals surface area contributed by atoms with Crippen molar-refractivity contribution < 1.29 is 14.3 Å². The number of benzene rings is 1. The van der Waals surface area contributed by atoms with Gasteiger partial charge < -0.3 is 9.47 Å². The molecule has 0 amide bonds. The summed E-state index contributed by atoms with van der Waals surface area (Å²) < 4.78 is 9.84. The van der Waals surface area contributed by atoms with E-state index in [4.69, 9.17) is 9.47 Å². The molecule has 0 aliphatic rings. The predicted molar refractivity (Wildman–Crippen MR) is 65.7 cm³/mol. The Balaban J connectivity index is 2.78. The van der Waals surface area contributed by atoms with Crippen molar-refractivity contribution >= 4 is 5.97 Å². The van der Waals surface area contributed by atoms with Crippen molar-refractivity contribution in [3.8, 4) is 0 Å². The Morgan fingerprint density at radius 1 is 1.29 bits per heavy atom. The minimum absolute atomic E-state index is 0.0734. The van der Waals surface area contributed by atoms with Crippen molar-refractivity contribution in [3.63, 3.8) is 0 Å². The molecule has 0 heterocycles. The molecule has 0 aromatic heterocycles. The fraction of sp³-hybridized carbons (Fsp3) is 0.462. The first-order chi connectivity index (χ1) is 8.19. The number of rotatable bonds is 6. The van der Waals surface area contributed by atoms with Crippen LogP contribution in [0.2, 0.25) is 0 Å². The minimum Gasteiger partial charge on any atom is -0.468 e. The van der Waals surface area contributed by atoms with Crippen molar-refractivity contribution in [1.29, 1.82) is 0 Å². The molecule has 4 heteroatoms. The average molecular weight is 237 g/mol. The highest BCUT2D eigenvalue weighted by Gasteiger charge is 2.22. The lowest BCUT2D eigenvalue weighted by atomic mass is 10.1. The van der Waals surface area contributed by atoms with E-state index in [2.05, 4.69) is 5.32 Å². The topological polar surface area (TPSA) is 47.6 Å². The molecule has 0 saturated carbocycles. The molecule has 4 nitrogen and oxygen atoms in total. The molecule has 1 aromatic carbocycles. The lowest BCUT2D eigenvalue weighted by Gasteiger charge is -2.21. The van der Waals surface area contributed by atoms with Crippen LogP contribution in [0.4, 0.5) is 0 Å². The predicted octanol–water partition coefficient (Wildman–Crippen LogP) is 1.53. The summed E-state index contributed by atoms with van der Waals surface area (Å²) >= 11 is 0. The van der Waals surface area contributed by atoms with Crippen LogP contribution in [0, 0.1) is 0 Å². The number of esters is 1. The largest absolute Gasteiger partial charge is 0.468 e. The van der Waals surface area contributed by atoms with Gasteiger partial charge in [-0.2, -0.15) is 0 Å². The number of carbonyl (C=O) groups excluding carboxylic acids is 1. The van der Waals surface area contributed by atoms with Crippen LogP contribution in [0.5, 0.6) is 0 Å². The highest BCUT2D eigenvalue weighted by Crippen LogP contribution is 2.14. The monoisotopic (exact) mass is 237 g/mol. The normalized spacial score (nSPS) is 14.1. The number of hydrogen-bond acceptors (Lipinski definition) is 4. The van der Waals surface area contributed by atoms with Gasteiger partial charge in [0.15, 0.2) is 0 Å². The van der Waals surface area contributed by atoms with E-state index < -0.39 is 6.04 Å². The maximum Gasteiger partial charge on any atom is 0.327 e. The maximum absolute atomic E-state index is 11.7. The fourth-order valence-electron chi connectivity index (χ4n) is 1.65. The maximum atomic E-state index is 11.7. The molecule has 0 radical (unpaired) electrons. The van der Waals surface area contributed by atoms with Crippen LogP contribution in [0.1, 0.15) is 18.5 Å². The molecule has 0 fully saturated rings. The first-order valence-electron chi connectivity index (χ1n) is 5.56. The molecule has 1 N–H and O–H groups in total. The third-order valence-electron chi connectivity index (χ3n) is 2.44. The van der Waals surface area contributed by atoms with Crippen molar-refractivity contribution in [3.05, 3.63) is 35.9 Å². The summed E-state index contributed by atoms with van der Waals surface area (Å²) in [6.07, 6.45) is 0. The second kappa shape index (κ2) is 7.04. The number of methoxy groups -OCH3 is 2. The van der Waals surface area contributed by atoms with Gasteiger partial charge in [0.1, 0.15) is 6.04 Å². The van der Waals surface area contributed by atoms with E-state index in [1.165, 1.54) is 7.11 Å². The number of carbonyl (C=O) groups is 1. The Kier molecular flexibility index (Phi) is 5.66. The number of nitrogens with one attached hydrogen (secondary N) is 1. The van der Waals surface area contributed by atoms with Crippen LogP contribution in [0.3, 0.4) is 0 Å². The SMILES string of the molecule is COC[C@H](C)N[C@@H](C(=O)OC)c1ccccc1. The van der Waals surface area contributed by atoms with Gasteiger partial charge in [-0.1, -0.05) is 30.3 Å². The van der Waals surface area contributed by atoms with Crippen molar-refractivity contribution in [2.24, 2.45) is 0 Å². The van der Waals surface area contributed by atoms with Gasteiger partial charge in [-0.05, 0) is 12.5 Å². The van der Waals surface area contributed by atoms with Gasteiger partial charge in [0, 0.05) is 13.2 Å². The van der Waals surface area contributed by atoms with Gasteiger partial charge in [0.2, 0.25) is 0 Å². The quantitative estimate of drug-likeness (QED) is 0.762. The molecule has 1 rings (SSSR count). The molecule has 0 bridgehead atoms. The first-order valence-corrected chi connectivity index (χ1v) is 5.56. The molecule has 0 aliphatic carbocycles. The summed E-state index contributed by atoms with van der Waals surface area (Å²) in [7, 11) is 3.02. The van der Waals surface area contributed by atoms with E-state index in [9.17, 15) is 4.79 Å². The minimum atomic E-state index is -0.452. The lowest BCUT2D eigenvalue weighted by Crippen LogP contribution is -2.38. The van der Waals surface area contributed by atoms with Crippen molar-refractivity contribution in [2.75, 3.05) is 20.8 Å². The summed E-state index contributed by atoms with van der Waals surface area (Å²) in [6, 6.07) is 9.12. The molecule has 0 unspecified atom stereocenters. The number of hydrogen-bond donors (Lipinski definition) is 1. The van der Waals surface area contributed by atoms with Crippen LogP contribution >= 0.6 is 0 Å². The molecule has 2 atom stereocenters. The van der Waals surface area contributed by atoms with E-state index in [0.29, 0.717) is 6.61 Å². The van der Waals surface area contributed by atoms with Crippen molar-refractivity contribution in [1.82, 2.24) is 5.32 Å². The van der Waals surface area contributed by atoms with E-state index >= 15 is 0 Å². The molecule has 0 saturated heterocycles. The van der Waals surface area contributed by atoms with Crippen LogP contribution in [0.25, 0.3) is 0 Å². The number of ether oxygens (including phenoxy) is 2. The highest BCUT2D eigenvalue weighted by atomic mass is 16.5. The molecule has 0 spiro atoms. The van der Waals surface area contributed by atoms with Gasteiger partial charge in [0.05, 0.1) is 13.7 Å². The summed E-state index contributed by atoms with van der Waals surface area (Å²) in [5.41, 5.74) is 0.891. The third kappa shape index (κ3) is 4.17. The molecular formula is C13H19NO3. The molecule has 0 aliphatic heterocycles. The van der Waals surface area contributed by atoms with E-state index in [-0.39, 0.29) is 12.0 Å². The average Bonchev–Trinajstić information content (AvgIpc) is 2.36. The first kappa shape index (κ1) is 13.7. The van der Waals surface area contributed by atoms with E-state index in [1.807, 2.05) is 37.3 Å². The van der Waals surface area contributed by atoms with Crippen LogP contribution in [-0.2, 0) is 14.3 Å². The Morgan fingerprint density at radius 3 is 2.47 bits per heavy atom. The van der Waals surface area contributed by atoms with Crippen LogP contribution in [-0.4, -0.2) is 32.8 Å². The van der Waals surface area contributed by atoms with Gasteiger partial charge in [-0.3, -0.25) is 5.32 Å². The Labute approximate surface area is 102 Å². The Morgan fingerprint density at radius 2 is 1.94 bits per heavy atom. The van der Waals surface area contributed by atoms with Crippen molar-refractivity contribution in [2.45, 2.75) is 19.0 Å². The molecule has 1 aromatic rings. The lowest BCUT2D eigenvalue weighted by molar-refractivity contribution is -0.143. The highest BCUT2D eigenvalue weighted by molar-refractivity contribution is 5.77. The summed E-state index contributed by atoms with van der Waals surface area (Å²) in [5.74, 6) is -0.292. The van der Waals surface area contributed by atoms with Gasteiger partial charge >= 0.3 is 5.97 Å². The van der Waals surface area contributed by atoms with Gasteiger partial charge in [-0.15, -0.1) is 0 Å². The fourth-order valence-corrected chi connectivity index (χ4v) is 1.65. The zero-order valence-corrected chi connectivity index (χ0v) is 10.5. The zero-order chi connectivity index (χ0) is 12.7. The smallest absolute Gasteiger partial charge is 0.327 e.